The fourth-order valence-electron chi connectivity index (χ4n) is 2.59. The summed E-state index contributed by atoms with van der Waals surface area (Å²) in [6.45, 7) is 2.44. The number of piperidine rings is 1. The van der Waals surface area contributed by atoms with Gasteiger partial charge in [0.25, 0.3) is 0 Å². The van der Waals surface area contributed by atoms with Crippen LogP contribution in [0.15, 0.2) is 60.4 Å². The standard InChI is InChI=1S/C18H18N2O/c21-18-8-11-20(13-16-4-2-1-3-5-16)14-17(18)12-15-6-9-19-10-7-15/h1-7,9-10,12H,8,11,13-14H2/b17-12+. The number of hydrogen-bond acceptors (Lipinski definition) is 3. The van der Waals surface area contributed by atoms with Gasteiger partial charge in [-0.3, -0.25) is 14.7 Å². The van der Waals surface area contributed by atoms with Crippen molar-refractivity contribution in [3.63, 3.8) is 0 Å². The molecule has 0 unspecified atom stereocenters. The minimum Gasteiger partial charge on any atom is -0.294 e. The summed E-state index contributed by atoms with van der Waals surface area (Å²) in [5.41, 5.74) is 3.22. The number of benzene rings is 1. The van der Waals surface area contributed by atoms with Crippen LogP contribution in [0.25, 0.3) is 6.08 Å². The summed E-state index contributed by atoms with van der Waals surface area (Å²) < 4.78 is 0. The van der Waals surface area contributed by atoms with Crippen molar-refractivity contribution in [3.8, 4) is 0 Å². The molecule has 1 aromatic carbocycles. The topological polar surface area (TPSA) is 33.2 Å². The highest BCUT2D eigenvalue weighted by Gasteiger charge is 2.21. The molecule has 0 saturated carbocycles. The minimum absolute atomic E-state index is 0.260. The van der Waals surface area contributed by atoms with Crippen LogP contribution in [-0.4, -0.2) is 28.8 Å². The van der Waals surface area contributed by atoms with E-state index in [0.717, 1.165) is 30.8 Å². The summed E-state index contributed by atoms with van der Waals surface area (Å²) in [6.07, 6.45) is 6.09. The maximum absolute atomic E-state index is 12.1. The number of ketones is 1. The van der Waals surface area contributed by atoms with Crippen LogP contribution in [-0.2, 0) is 11.3 Å². The third-order valence-corrected chi connectivity index (χ3v) is 3.70. The zero-order chi connectivity index (χ0) is 14.5. The number of nitrogens with zero attached hydrogens (tertiary/aromatic N) is 2. The Balaban J connectivity index is 1.73. The minimum atomic E-state index is 0.260. The van der Waals surface area contributed by atoms with Crippen LogP contribution in [0, 0.1) is 0 Å². The van der Waals surface area contributed by atoms with Crippen LogP contribution >= 0.6 is 0 Å². The lowest BCUT2D eigenvalue weighted by Crippen LogP contribution is -2.35. The molecule has 0 atom stereocenters. The highest BCUT2D eigenvalue weighted by Crippen LogP contribution is 2.17. The lowest BCUT2D eigenvalue weighted by atomic mass is 10.00. The monoisotopic (exact) mass is 278 g/mol. The molecule has 3 heteroatoms. The molecule has 21 heavy (non-hydrogen) atoms. The number of aromatic nitrogens is 1. The average molecular weight is 278 g/mol. The Labute approximate surface area is 124 Å². The average Bonchev–Trinajstić information content (AvgIpc) is 2.53. The lowest BCUT2D eigenvalue weighted by molar-refractivity contribution is -0.117. The number of pyridine rings is 1. The van der Waals surface area contributed by atoms with Gasteiger partial charge < -0.3 is 0 Å². The summed E-state index contributed by atoms with van der Waals surface area (Å²) in [6, 6.07) is 14.2. The van der Waals surface area contributed by atoms with Gasteiger partial charge in [-0.2, -0.15) is 0 Å². The maximum atomic E-state index is 12.1. The van der Waals surface area contributed by atoms with Gasteiger partial charge in [0.1, 0.15) is 0 Å². The summed E-state index contributed by atoms with van der Waals surface area (Å²) >= 11 is 0. The molecule has 0 radical (unpaired) electrons. The van der Waals surface area contributed by atoms with Crippen LogP contribution in [0.4, 0.5) is 0 Å². The Morgan fingerprint density at radius 3 is 2.62 bits per heavy atom. The van der Waals surface area contributed by atoms with Crippen molar-refractivity contribution in [2.75, 3.05) is 13.1 Å². The fourth-order valence-corrected chi connectivity index (χ4v) is 2.59. The molecular weight excluding hydrogens is 260 g/mol. The SMILES string of the molecule is O=C1CCN(Cc2ccccc2)C/C1=C\c1ccncc1. The number of rotatable bonds is 3. The molecular formula is C18H18N2O. The molecule has 0 amide bonds. The third kappa shape index (κ3) is 3.64. The van der Waals surface area contributed by atoms with Crippen LogP contribution < -0.4 is 0 Å². The molecule has 0 spiro atoms. The molecule has 0 aliphatic carbocycles. The second kappa shape index (κ2) is 6.46. The van der Waals surface area contributed by atoms with Crippen LogP contribution in [0.5, 0.6) is 0 Å². The van der Waals surface area contributed by atoms with Crippen molar-refractivity contribution in [1.29, 1.82) is 0 Å². The van der Waals surface area contributed by atoms with Crippen molar-refractivity contribution >= 4 is 11.9 Å². The largest absolute Gasteiger partial charge is 0.294 e. The molecule has 106 valence electrons. The lowest BCUT2D eigenvalue weighted by Gasteiger charge is -2.27. The summed E-state index contributed by atoms with van der Waals surface area (Å²) in [5, 5.41) is 0. The summed E-state index contributed by atoms with van der Waals surface area (Å²) in [7, 11) is 0. The molecule has 1 fully saturated rings. The van der Waals surface area contributed by atoms with E-state index in [0.29, 0.717) is 6.42 Å². The molecule has 3 nitrogen and oxygen atoms in total. The number of likely N-dealkylation sites (tertiary alicyclic amines) is 1. The van der Waals surface area contributed by atoms with E-state index >= 15 is 0 Å². The molecule has 2 heterocycles. The maximum Gasteiger partial charge on any atom is 0.161 e. The summed E-state index contributed by atoms with van der Waals surface area (Å²) in [5.74, 6) is 0.260. The van der Waals surface area contributed by atoms with Crippen molar-refractivity contribution in [2.24, 2.45) is 0 Å². The first-order valence-electron chi connectivity index (χ1n) is 7.21. The van der Waals surface area contributed by atoms with E-state index in [1.165, 1.54) is 5.56 Å². The van der Waals surface area contributed by atoms with Gasteiger partial charge in [-0.1, -0.05) is 30.3 Å². The van der Waals surface area contributed by atoms with Gasteiger partial charge >= 0.3 is 0 Å². The second-order valence-corrected chi connectivity index (χ2v) is 5.32. The molecule has 1 saturated heterocycles. The van der Waals surface area contributed by atoms with Gasteiger partial charge in [-0.25, -0.2) is 0 Å². The number of hydrogen-bond donors (Lipinski definition) is 0. The number of carbonyl (C=O) groups excluding carboxylic acids is 1. The summed E-state index contributed by atoms with van der Waals surface area (Å²) in [4.78, 5) is 18.4. The van der Waals surface area contributed by atoms with Crippen molar-refractivity contribution in [2.45, 2.75) is 13.0 Å². The molecule has 3 rings (SSSR count). The molecule has 2 aromatic rings. The smallest absolute Gasteiger partial charge is 0.161 e. The van der Waals surface area contributed by atoms with Gasteiger partial charge in [0.05, 0.1) is 0 Å². The molecule has 1 aromatic heterocycles. The molecule has 1 aliphatic rings. The number of carbonyl (C=O) groups is 1. The van der Waals surface area contributed by atoms with Gasteiger partial charge in [0.2, 0.25) is 0 Å². The quantitative estimate of drug-likeness (QED) is 0.809. The van der Waals surface area contributed by atoms with E-state index in [9.17, 15) is 4.79 Å². The first kappa shape index (κ1) is 13.7. The van der Waals surface area contributed by atoms with Crippen molar-refractivity contribution < 1.29 is 4.79 Å². The van der Waals surface area contributed by atoms with Gasteiger partial charge in [0.15, 0.2) is 5.78 Å². The highest BCUT2D eigenvalue weighted by molar-refractivity contribution is 6.00. The van der Waals surface area contributed by atoms with Gasteiger partial charge in [-0.05, 0) is 29.3 Å². The Kier molecular flexibility index (Phi) is 4.22. The molecule has 1 aliphatic heterocycles. The van der Waals surface area contributed by atoms with E-state index in [1.54, 1.807) is 12.4 Å². The zero-order valence-electron chi connectivity index (χ0n) is 11.9. The second-order valence-electron chi connectivity index (χ2n) is 5.32. The van der Waals surface area contributed by atoms with Crippen molar-refractivity contribution in [3.05, 3.63) is 71.6 Å². The Bertz CT molecular complexity index is 635. The van der Waals surface area contributed by atoms with E-state index < -0.39 is 0 Å². The predicted octanol–water partition coefficient (Wildman–Crippen LogP) is 2.94. The first-order chi connectivity index (χ1) is 10.3. The number of Topliss-reactive ketones (excluding diaryl/α,β-unsaturated/α-hetero) is 1. The predicted molar refractivity (Wildman–Crippen MR) is 83.6 cm³/mol. The van der Waals surface area contributed by atoms with Crippen LogP contribution in [0.2, 0.25) is 0 Å². The van der Waals surface area contributed by atoms with Gasteiger partial charge in [0, 0.05) is 44.0 Å². The molecule has 0 bridgehead atoms. The fraction of sp³-hybridized carbons (Fsp3) is 0.222. The Morgan fingerprint density at radius 1 is 1.10 bits per heavy atom. The van der Waals surface area contributed by atoms with E-state index in [2.05, 4.69) is 34.1 Å². The van der Waals surface area contributed by atoms with E-state index in [1.807, 2.05) is 24.3 Å². The van der Waals surface area contributed by atoms with Crippen LogP contribution in [0.1, 0.15) is 17.5 Å². The Morgan fingerprint density at radius 2 is 1.86 bits per heavy atom. The molecule has 0 N–H and O–H groups in total. The first-order valence-corrected chi connectivity index (χ1v) is 7.21. The van der Waals surface area contributed by atoms with E-state index in [-0.39, 0.29) is 5.78 Å². The Hall–Kier alpha value is -2.26. The van der Waals surface area contributed by atoms with Gasteiger partial charge in [-0.15, -0.1) is 0 Å². The van der Waals surface area contributed by atoms with E-state index in [4.69, 9.17) is 0 Å². The third-order valence-electron chi connectivity index (χ3n) is 3.70. The van der Waals surface area contributed by atoms with Crippen molar-refractivity contribution in [1.82, 2.24) is 9.88 Å². The van der Waals surface area contributed by atoms with Crippen LogP contribution in [0.3, 0.4) is 0 Å². The zero-order valence-corrected chi connectivity index (χ0v) is 11.9. The normalized spacial score (nSPS) is 18.1. The highest BCUT2D eigenvalue weighted by atomic mass is 16.1.